The predicted molar refractivity (Wildman–Crippen MR) is 110 cm³/mol. The molecule has 0 amide bonds. The number of hydrogen-bond acceptors (Lipinski definition) is 6. The topological polar surface area (TPSA) is 103 Å². The third-order valence-electron chi connectivity index (χ3n) is 5.51. The van der Waals surface area contributed by atoms with Gasteiger partial charge in [0.1, 0.15) is 11.6 Å². The van der Waals surface area contributed by atoms with Gasteiger partial charge in [-0.05, 0) is 38.1 Å². The van der Waals surface area contributed by atoms with Gasteiger partial charge >= 0.3 is 0 Å². The lowest BCUT2D eigenvalue weighted by atomic mass is 10.1. The van der Waals surface area contributed by atoms with Crippen molar-refractivity contribution in [2.45, 2.75) is 18.9 Å². The van der Waals surface area contributed by atoms with Crippen molar-refractivity contribution in [2.75, 3.05) is 25.0 Å². The van der Waals surface area contributed by atoms with Crippen molar-refractivity contribution >= 4 is 27.6 Å². The zero-order chi connectivity index (χ0) is 19.1. The van der Waals surface area contributed by atoms with Crippen LogP contribution in [0.25, 0.3) is 33.2 Å². The Bertz CT molecular complexity index is 1210. The van der Waals surface area contributed by atoms with Crippen molar-refractivity contribution in [3.8, 4) is 11.4 Å². The molecule has 1 aliphatic rings. The summed E-state index contributed by atoms with van der Waals surface area (Å²) in [6.07, 6.45) is 5.59. The first kappa shape index (κ1) is 16.9. The summed E-state index contributed by atoms with van der Waals surface area (Å²) in [4.78, 5) is 27.0. The molecule has 0 aliphatic carbocycles. The number of anilines is 1. The second kappa shape index (κ2) is 6.72. The SMILES string of the molecule is CN(c1cc2c(=O)[nH]c(-c3ccc4cn[nH]c4c3)nc2cn1)C1CCNCC1. The quantitative estimate of drug-likeness (QED) is 0.506. The minimum absolute atomic E-state index is 0.160. The zero-order valence-corrected chi connectivity index (χ0v) is 15.6. The molecule has 1 aromatic carbocycles. The average Bonchev–Trinajstić information content (AvgIpc) is 3.21. The lowest BCUT2D eigenvalue weighted by molar-refractivity contribution is 0.442. The molecular weight excluding hydrogens is 354 g/mol. The molecule has 0 saturated carbocycles. The van der Waals surface area contributed by atoms with Gasteiger partial charge in [0, 0.05) is 24.0 Å². The summed E-state index contributed by atoms with van der Waals surface area (Å²) in [6, 6.07) is 8.07. The van der Waals surface area contributed by atoms with Gasteiger partial charge in [-0.2, -0.15) is 5.10 Å². The Morgan fingerprint density at radius 3 is 2.86 bits per heavy atom. The Kier molecular flexibility index (Phi) is 4.05. The molecule has 1 fully saturated rings. The molecule has 0 bridgehead atoms. The number of rotatable bonds is 3. The molecule has 4 aromatic rings. The van der Waals surface area contributed by atoms with Gasteiger partial charge in [-0.25, -0.2) is 9.97 Å². The van der Waals surface area contributed by atoms with Crippen LogP contribution in [-0.2, 0) is 0 Å². The van der Waals surface area contributed by atoms with E-state index in [1.807, 2.05) is 31.3 Å². The van der Waals surface area contributed by atoms with E-state index < -0.39 is 0 Å². The number of fused-ring (bicyclic) bond motifs is 2. The van der Waals surface area contributed by atoms with E-state index in [1.54, 1.807) is 12.4 Å². The molecule has 3 N–H and O–H groups in total. The highest BCUT2D eigenvalue weighted by atomic mass is 16.1. The molecule has 1 aliphatic heterocycles. The van der Waals surface area contributed by atoms with Crippen LogP contribution in [0.5, 0.6) is 0 Å². The first-order chi connectivity index (χ1) is 13.7. The minimum atomic E-state index is -0.160. The van der Waals surface area contributed by atoms with Crippen LogP contribution < -0.4 is 15.8 Å². The number of benzene rings is 1. The van der Waals surface area contributed by atoms with Gasteiger partial charge in [-0.3, -0.25) is 9.89 Å². The van der Waals surface area contributed by atoms with Crippen LogP contribution in [0, 0.1) is 0 Å². The van der Waals surface area contributed by atoms with Gasteiger partial charge in [-0.15, -0.1) is 0 Å². The van der Waals surface area contributed by atoms with E-state index in [4.69, 9.17) is 0 Å². The minimum Gasteiger partial charge on any atom is -0.357 e. The van der Waals surface area contributed by atoms with Crippen LogP contribution in [0.1, 0.15) is 12.8 Å². The Hall–Kier alpha value is -3.26. The molecule has 4 heterocycles. The van der Waals surface area contributed by atoms with E-state index >= 15 is 0 Å². The van der Waals surface area contributed by atoms with Crippen molar-refractivity contribution in [3.63, 3.8) is 0 Å². The number of H-pyrrole nitrogens is 2. The molecule has 1 saturated heterocycles. The largest absolute Gasteiger partial charge is 0.357 e. The maximum atomic E-state index is 12.8. The lowest BCUT2D eigenvalue weighted by Crippen LogP contribution is -2.41. The zero-order valence-electron chi connectivity index (χ0n) is 15.6. The van der Waals surface area contributed by atoms with Crippen LogP contribution >= 0.6 is 0 Å². The summed E-state index contributed by atoms with van der Waals surface area (Å²) in [5.74, 6) is 1.33. The maximum Gasteiger partial charge on any atom is 0.259 e. The van der Waals surface area contributed by atoms with Crippen LogP contribution in [0.4, 0.5) is 5.82 Å². The third-order valence-corrected chi connectivity index (χ3v) is 5.51. The summed E-state index contributed by atoms with van der Waals surface area (Å²) in [6.45, 7) is 2.02. The van der Waals surface area contributed by atoms with Gasteiger partial charge in [0.15, 0.2) is 0 Å². The molecule has 0 spiro atoms. The molecule has 0 atom stereocenters. The third kappa shape index (κ3) is 2.91. The number of piperidine rings is 1. The highest BCUT2D eigenvalue weighted by Gasteiger charge is 2.19. The van der Waals surface area contributed by atoms with E-state index in [9.17, 15) is 4.79 Å². The highest BCUT2D eigenvalue weighted by molar-refractivity contribution is 5.85. The van der Waals surface area contributed by atoms with Crippen LogP contribution in [0.2, 0.25) is 0 Å². The lowest BCUT2D eigenvalue weighted by Gasteiger charge is -2.32. The summed E-state index contributed by atoms with van der Waals surface area (Å²) < 4.78 is 0. The van der Waals surface area contributed by atoms with Gasteiger partial charge in [0.05, 0.1) is 28.8 Å². The molecule has 28 heavy (non-hydrogen) atoms. The molecule has 5 rings (SSSR count). The average molecular weight is 375 g/mol. The van der Waals surface area contributed by atoms with Crippen LogP contribution in [0.15, 0.2) is 41.5 Å². The van der Waals surface area contributed by atoms with E-state index in [2.05, 4.69) is 35.4 Å². The number of aromatic nitrogens is 5. The van der Waals surface area contributed by atoms with Gasteiger partial charge in [-0.1, -0.05) is 12.1 Å². The van der Waals surface area contributed by atoms with Crippen molar-refractivity contribution < 1.29 is 0 Å². The standard InChI is InChI=1S/C20H21N7O/c1-27(14-4-6-21-7-5-14)18-9-15-17(11-22-18)24-19(25-20(15)28)12-2-3-13-10-23-26-16(13)8-12/h2-3,8-11,14,21H,4-7H2,1H3,(H,23,26)(H,24,25,28). The first-order valence-corrected chi connectivity index (χ1v) is 9.46. The normalized spacial score (nSPS) is 15.3. The van der Waals surface area contributed by atoms with Crippen molar-refractivity contribution in [3.05, 3.63) is 47.0 Å². The Morgan fingerprint density at radius 1 is 1.14 bits per heavy atom. The number of hydrogen-bond donors (Lipinski definition) is 3. The van der Waals surface area contributed by atoms with Gasteiger partial charge in [0.25, 0.3) is 5.56 Å². The van der Waals surface area contributed by atoms with E-state index in [1.165, 1.54) is 0 Å². The second-order valence-electron chi connectivity index (χ2n) is 7.24. The summed E-state index contributed by atoms with van der Waals surface area (Å²) in [5, 5.41) is 11.9. The fourth-order valence-corrected chi connectivity index (χ4v) is 3.83. The Morgan fingerprint density at radius 2 is 2.00 bits per heavy atom. The summed E-state index contributed by atoms with van der Waals surface area (Å²) >= 11 is 0. The number of aromatic amines is 2. The predicted octanol–water partition coefficient (Wildman–Crippen LogP) is 2.05. The molecule has 0 unspecified atom stereocenters. The Balaban J connectivity index is 1.53. The maximum absolute atomic E-state index is 12.8. The van der Waals surface area contributed by atoms with Gasteiger partial charge in [0.2, 0.25) is 0 Å². The molecule has 3 aromatic heterocycles. The first-order valence-electron chi connectivity index (χ1n) is 9.46. The van der Waals surface area contributed by atoms with Crippen molar-refractivity contribution in [2.24, 2.45) is 0 Å². The van der Waals surface area contributed by atoms with E-state index in [0.29, 0.717) is 22.8 Å². The van der Waals surface area contributed by atoms with E-state index in [-0.39, 0.29) is 5.56 Å². The second-order valence-corrected chi connectivity index (χ2v) is 7.24. The molecule has 8 heteroatoms. The van der Waals surface area contributed by atoms with Crippen molar-refractivity contribution in [1.82, 2.24) is 30.5 Å². The molecular formula is C20H21N7O. The fourth-order valence-electron chi connectivity index (χ4n) is 3.83. The fraction of sp³-hybridized carbons (Fsp3) is 0.300. The van der Waals surface area contributed by atoms with Gasteiger partial charge < -0.3 is 15.2 Å². The number of nitrogens with zero attached hydrogens (tertiary/aromatic N) is 4. The molecule has 0 radical (unpaired) electrons. The summed E-state index contributed by atoms with van der Waals surface area (Å²) in [5.41, 5.74) is 2.15. The van der Waals surface area contributed by atoms with Crippen LogP contribution in [0.3, 0.4) is 0 Å². The Labute approximate surface area is 161 Å². The van der Waals surface area contributed by atoms with Crippen LogP contribution in [-0.4, -0.2) is 51.3 Å². The number of pyridine rings is 1. The molecule has 8 nitrogen and oxygen atoms in total. The monoisotopic (exact) mass is 375 g/mol. The van der Waals surface area contributed by atoms with E-state index in [0.717, 1.165) is 48.2 Å². The highest BCUT2D eigenvalue weighted by Crippen LogP contribution is 2.23. The van der Waals surface area contributed by atoms with Crippen molar-refractivity contribution in [1.29, 1.82) is 0 Å². The smallest absolute Gasteiger partial charge is 0.259 e. The summed E-state index contributed by atoms with van der Waals surface area (Å²) in [7, 11) is 2.04. The molecule has 142 valence electrons. The number of nitrogens with one attached hydrogen (secondary N) is 3.